The van der Waals surface area contributed by atoms with Crippen molar-refractivity contribution in [1.29, 1.82) is 0 Å². The summed E-state index contributed by atoms with van der Waals surface area (Å²) in [5.41, 5.74) is 2.95. The van der Waals surface area contributed by atoms with Crippen molar-refractivity contribution >= 4 is 33.2 Å². The van der Waals surface area contributed by atoms with Gasteiger partial charge in [0.1, 0.15) is 0 Å². The van der Waals surface area contributed by atoms with Crippen LogP contribution in [0.3, 0.4) is 0 Å². The van der Waals surface area contributed by atoms with E-state index in [2.05, 4.69) is 31.3 Å². The van der Waals surface area contributed by atoms with Gasteiger partial charge < -0.3 is 9.73 Å². The summed E-state index contributed by atoms with van der Waals surface area (Å²) in [5, 5.41) is 10.1. The zero-order valence-electron chi connectivity index (χ0n) is 12.7. The number of carbonyl (C=O) groups excluding carboxylic acids is 1. The number of halogens is 1. The number of nitrogens with one attached hydrogen (secondary N) is 1. The molecule has 0 saturated carbocycles. The zero-order chi connectivity index (χ0) is 16.4. The van der Waals surface area contributed by atoms with Crippen LogP contribution in [0.4, 0.5) is 0 Å². The SMILES string of the molecule is Cc1cc(C)n(-c2nc(CCNC(=O)c3ccc(Br)o3)cs2)n1. The fourth-order valence-electron chi connectivity index (χ4n) is 2.16. The zero-order valence-corrected chi connectivity index (χ0v) is 15.1. The Kier molecular flexibility index (Phi) is 4.63. The van der Waals surface area contributed by atoms with E-state index in [9.17, 15) is 4.79 Å². The maximum Gasteiger partial charge on any atom is 0.287 e. The quantitative estimate of drug-likeness (QED) is 0.720. The topological polar surface area (TPSA) is 73.0 Å². The molecule has 0 aliphatic rings. The van der Waals surface area contributed by atoms with Gasteiger partial charge in [0.15, 0.2) is 10.4 Å². The van der Waals surface area contributed by atoms with Gasteiger partial charge in [-0.05, 0) is 48.0 Å². The van der Waals surface area contributed by atoms with E-state index in [1.54, 1.807) is 23.5 Å². The molecule has 1 N–H and O–H groups in total. The minimum absolute atomic E-state index is 0.232. The summed E-state index contributed by atoms with van der Waals surface area (Å²) in [6, 6.07) is 5.34. The predicted molar refractivity (Wildman–Crippen MR) is 91.2 cm³/mol. The smallest absolute Gasteiger partial charge is 0.287 e. The van der Waals surface area contributed by atoms with Crippen LogP contribution in [-0.4, -0.2) is 27.2 Å². The monoisotopic (exact) mass is 394 g/mol. The third-order valence-corrected chi connectivity index (χ3v) is 4.49. The van der Waals surface area contributed by atoms with Gasteiger partial charge in [0.25, 0.3) is 5.91 Å². The Morgan fingerprint density at radius 1 is 1.43 bits per heavy atom. The Labute approximate surface area is 145 Å². The molecule has 1 amide bonds. The van der Waals surface area contributed by atoms with Gasteiger partial charge in [0.2, 0.25) is 5.13 Å². The van der Waals surface area contributed by atoms with Crippen LogP contribution in [0.25, 0.3) is 5.13 Å². The second-order valence-electron chi connectivity index (χ2n) is 5.07. The molecule has 8 heteroatoms. The first-order valence-electron chi connectivity index (χ1n) is 7.04. The van der Waals surface area contributed by atoms with E-state index >= 15 is 0 Å². The van der Waals surface area contributed by atoms with E-state index in [0.717, 1.165) is 22.2 Å². The second kappa shape index (κ2) is 6.67. The van der Waals surface area contributed by atoms with Gasteiger partial charge in [0, 0.05) is 24.0 Å². The molecular weight excluding hydrogens is 380 g/mol. The second-order valence-corrected chi connectivity index (χ2v) is 6.69. The van der Waals surface area contributed by atoms with Gasteiger partial charge >= 0.3 is 0 Å². The normalized spacial score (nSPS) is 10.9. The molecule has 6 nitrogen and oxygen atoms in total. The molecule has 23 heavy (non-hydrogen) atoms. The number of hydrogen-bond donors (Lipinski definition) is 1. The molecule has 0 fully saturated rings. The molecule has 0 atom stereocenters. The molecule has 3 rings (SSSR count). The highest BCUT2D eigenvalue weighted by Gasteiger charge is 2.11. The van der Waals surface area contributed by atoms with Gasteiger partial charge in [-0.2, -0.15) is 5.10 Å². The lowest BCUT2D eigenvalue weighted by Crippen LogP contribution is -2.25. The van der Waals surface area contributed by atoms with E-state index in [0.29, 0.717) is 23.4 Å². The first-order chi connectivity index (χ1) is 11.0. The Morgan fingerprint density at radius 2 is 2.26 bits per heavy atom. The maximum atomic E-state index is 11.9. The molecule has 0 aromatic carbocycles. The number of hydrogen-bond acceptors (Lipinski definition) is 5. The molecule has 120 valence electrons. The van der Waals surface area contributed by atoms with Crippen LogP contribution in [0.5, 0.6) is 0 Å². The Morgan fingerprint density at radius 3 is 2.91 bits per heavy atom. The Hall–Kier alpha value is -1.93. The number of carbonyl (C=O) groups is 1. The number of thiazole rings is 1. The van der Waals surface area contributed by atoms with Crippen molar-refractivity contribution in [2.45, 2.75) is 20.3 Å². The van der Waals surface area contributed by atoms with Crippen LogP contribution in [0.1, 0.15) is 27.6 Å². The van der Waals surface area contributed by atoms with E-state index in [-0.39, 0.29) is 5.91 Å². The maximum absolute atomic E-state index is 11.9. The molecular formula is C15H15BrN4O2S. The summed E-state index contributed by atoms with van der Waals surface area (Å²) < 4.78 is 7.58. The number of aryl methyl sites for hydroxylation is 2. The molecule has 0 bridgehead atoms. The van der Waals surface area contributed by atoms with Crippen LogP contribution in [0.2, 0.25) is 0 Å². The van der Waals surface area contributed by atoms with Crippen molar-refractivity contribution in [3.63, 3.8) is 0 Å². The highest BCUT2D eigenvalue weighted by Crippen LogP contribution is 2.17. The van der Waals surface area contributed by atoms with Gasteiger partial charge in [-0.15, -0.1) is 11.3 Å². The lowest BCUT2D eigenvalue weighted by Gasteiger charge is -2.01. The van der Waals surface area contributed by atoms with Crippen molar-refractivity contribution in [3.05, 3.63) is 51.1 Å². The van der Waals surface area contributed by atoms with E-state index in [4.69, 9.17) is 4.42 Å². The standard InChI is InChI=1S/C15H15BrN4O2S/c1-9-7-10(2)20(19-9)15-18-11(8-23-15)5-6-17-14(21)12-3-4-13(16)22-12/h3-4,7-8H,5-6H2,1-2H3,(H,17,21). The number of rotatable bonds is 5. The van der Waals surface area contributed by atoms with Crippen molar-refractivity contribution in [2.24, 2.45) is 0 Å². The number of aromatic nitrogens is 3. The fourth-order valence-corrected chi connectivity index (χ4v) is 3.33. The molecule has 3 aromatic heterocycles. The molecule has 3 aromatic rings. The summed E-state index contributed by atoms with van der Waals surface area (Å²) in [5.74, 6) is 0.0585. The third kappa shape index (κ3) is 3.70. The summed E-state index contributed by atoms with van der Waals surface area (Å²) in [6.07, 6.45) is 0.656. The minimum Gasteiger partial charge on any atom is -0.444 e. The molecule has 0 aliphatic carbocycles. The summed E-state index contributed by atoms with van der Waals surface area (Å²) in [6.45, 7) is 4.46. The van der Waals surface area contributed by atoms with Crippen LogP contribution in [0.15, 0.2) is 32.7 Å². The Balaban J connectivity index is 1.57. The van der Waals surface area contributed by atoms with Gasteiger partial charge in [-0.1, -0.05) is 0 Å². The summed E-state index contributed by atoms with van der Waals surface area (Å²) >= 11 is 4.71. The van der Waals surface area contributed by atoms with Crippen molar-refractivity contribution in [3.8, 4) is 5.13 Å². The summed E-state index contributed by atoms with van der Waals surface area (Å²) in [7, 11) is 0. The highest BCUT2D eigenvalue weighted by molar-refractivity contribution is 9.10. The van der Waals surface area contributed by atoms with Gasteiger partial charge in [-0.3, -0.25) is 4.79 Å². The predicted octanol–water partition coefficient (Wildman–Crippen LogP) is 3.27. The lowest BCUT2D eigenvalue weighted by atomic mass is 10.3. The molecule has 0 saturated heterocycles. The van der Waals surface area contributed by atoms with Crippen molar-refractivity contribution in [1.82, 2.24) is 20.1 Å². The van der Waals surface area contributed by atoms with Gasteiger partial charge in [-0.25, -0.2) is 9.67 Å². The lowest BCUT2D eigenvalue weighted by molar-refractivity contribution is 0.0925. The van der Waals surface area contributed by atoms with Crippen LogP contribution < -0.4 is 5.32 Å². The molecule has 0 radical (unpaired) electrons. The van der Waals surface area contributed by atoms with Crippen LogP contribution >= 0.6 is 27.3 Å². The largest absolute Gasteiger partial charge is 0.444 e. The van der Waals surface area contributed by atoms with Gasteiger partial charge in [0.05, 0.1) is 11.4 Å². The Bertz CT molecular complexity index is 836. The molecule has 0 unspecified atom stereocenters. The number of amides is 1. The molecule has 0 aliphatic heterocycles. The highest BCUT2D eigenvalue weighted by atomic mass is 79.9. The van der Waals surface area contributed by atoms with Crippen LogP contribution in [-0.2, 0) is 6.42 Å². The molecule has 3 heterocycles. The first kappa shape index (κ1) is 15.9. The fraction of sp³-hybridized carbons (Fsp3) is 0.267. The number of furan rings is 1. The van der Waals surface area contributed by atoms with Crippen molar-refractivity contribution in [2.75, 3.05) is 6.54 Å². The average molecular weight is 395 g/mol. The van der Waals surface area contributed by atoms with Crippen molar-refractivity contribution < 1.29 is 9.21 Å². The van der Waals surface area contributed by atoms with E-state index < -0.39 is 0 Å². The van der Waals surface area contributed by atoms with Crippen LogP contribution in [0, 0.1) is 13.8 Å². The summed E-state index contributed by atoms with van der Waals surface area (Å²) in [4.78, 5) is 16.4. The average Bonchev–Trinajstić information content (AvgIpc) is 3.19. The van der Waals surface area contributed by atoms with E-state index in [1.807, 2.05) is 30.0 Å². The number of nitrogens with zero attached hydrogens (tertiary/aromatic N) is 3. The van der Waals surface area contributed by atoms with E-state index in [1.165, 1.54) is 0 Å². The first-order valence-corrected chi connectivity index (χ1v) is 8.72. The third-order valence-electron chi connectivity index (χ3n) is 3.19. The minimum atomic E-state index is -0.232. The molecule has 0 spiro atoms.